The molecule has 6 nitrogen and oxygen atoms in total. The van der Waals surface area contributed by atoms with Gasteiger partial charge < -0.3 is 9.64 Å². The van der Waals surface area contributed by atoms with Gasteiger partial charge in [0.15, 0.2) is 0 Å². The number of amides is 1. The van der Waals surface area contributed by atoms with Crippen LogP contribution in [0.1, 0.15) is 67.3 Å². The number of aromatic nitrogens is 2. The standard InChI is InChI=1S/C31H35N3O3/c1-5-7-8-13-22-18-20-23(21-19-22)30(35)33(3)26(6-2)29-32-25-15-10-9-14-24(25)31(36)34(29)27-16-11-12-17-28(27)37-4/h9-12,14-21,26H,5-8,13H2,1-4H3. The highest BCUT2D eigenvalue weighted by atomic mass is 16.5. The van der Waals surface area contributed by atoms with Gasteiger partial charge in [-0.15, -0.1) is 0 Å². The zero-order chi connectivity index (χ0) is 26.4. The van der Waals surface area contributed by atoms with Crippen LogP contribution in [0.25, 0.3) is 16.6 Å². The van der Waals surface area contributed by atoms with Gasteiger partial charge in [-0.2, -0.15) is 0 Å². The fraction of sp³-hybridized carbons (Fsp3) is 0.323. The molecule has 6 heteroatoms. The molecule has 0 bridgehead atoms. The number of benzene rings is 3. The van der Waals surface area contributed by atoms with E-state index < -0.39 is 6.04 Å². The summed E-state index contributed by atoms with van der Waals surface area (Å²) in [4.78, 5) is 34.0. The van der Waals surface area contributed by atoms with Crippen LogP contribution < -0.4 is 10.3 Å². The molecule has 1 amide bonds. The summed E-state index contributed by atoms with van der Waals surface area (Å²) in [7, 11) is 3.36. The van der Waals surface area contributed by atoms with Crippen LogP contribution in [-0.4, -0.2) is 34.5 Å². The minimum absolute atomic E-state index is 0.110. The zero-order valence-corrected chi connectivity index (χ0v) is 22.1. The van der Waals surface area contributed by atoms with E-state index in [0.29, 0.717) is 40.1 Å². The summed E-state index contributed by atoms with van der Waals surface area (Å²) in [6.45, 7) is 4.19. The highest BCUT2D eigenvalue weighted by Gasteiger charge is 2.28. The molecule has 0 radical (unpaired) electrons. The summed E-state index contributed by atoms with van der Waals surface area (Å²) in [5.74, 6) is 0.953. The number of para-hydroxylation sites is 3. The predicted molar refractivity (Wildman–Crippen MR) is 149 cm³/mol. The Kier molecular flexibility index (Phi) is 8.39. The fourth-order valence-corrected chi connectivity index (χ4v) is 4.79. The number of ether oxygens (including phenoxy) is 1. The predicted octanol–water partition coefficient (Wildman–Crippen LogP) is 6.35. The van der Waals surface area contributed by atoms with Crippen LogP contribution in [0.3, 0.4) is 0 Å². The van der Waals surface area contributed by atoms with Gasteiger partial charge in [0.05, 0.1) is 29.7 Å². The molecule has 1 heterocycles. The van der Waals surface area contributed by atoms with E-state index in [1.54, 1.807) is 29.7 Å². The zero-order valence-electron chi connectivity index (χ0n) is 22.1. The third kappa shape index (κ3) is 5.43. The monoisotopic (exact) mass is 497 g/mol. The largest absolute Gasteiger partial charge is 0.495 e. The van der Waals surface area contributed by atoms with E-state index >= 15 is 0 Å². The van der Waals surface area contributed by atoms with Crippen LogP contribution in [0.5, 0.6) is 5.75 Å². The van der Waals surface area contributed by atoms with Crippen molar-refractivity contribution in [3.63, 3.8) is 0 Å². The molecule has 0 saturated heterocycles. The van der Waals surface area contributed by atoms with Crippen molar-refractivity contribution >= 4 is 16.8 Å². The van der Waals surface area contributed by atoms with E-state index in [1.807, 2.05) is 73.7 Å². The second-order valence-corrected chi connectivity index (χ2v) is 9.29. The van der Waals surface area contributed by atoms with Crippen molar-refractivity contribution in [1.29, 1.82) is 0 Å². The summed E-state index contributed by atoms with van der Waals surface area (Å²) in [6, 6.07) is 22.1. The van der Waals surface area contributed by atoms with Crippen LogP contribution in [0.15, 0.2) is 77.6 Å². The molecule has 4 aromatic rings. The van der Waals surface area contributed by atoms with E-state index in [4.69, 9.17) is 9.72 Å². The molecule has 1 aromatic heterocycles. The second kappa shape index (κ2) is 11.9. The van der Waals surface area contributed by atoms with Crippen molar-refractivity contribution in [2.45, 2.75) is 52.0 Å². The van der Waals surface area contributed by atoms with Gasteiger partial charge in [-0.1, -0.05) is 63.1 Å². The molecule has 0 spiro atoms. The Morgan fingerprint density at radius 1 is 0.973 bits per heavy atom. The lowest BCUT2D eigenvalue weighted by atomic mass is 10.0. The van der Waals surface area contributed by atoms with Crippen molar-refractivity contribution in [3.05, 3.63) is 100 Å². The van der Waals surface area contributed by atoms with Crippen molar-refractivity contribution < 1.29 is 9.53 Å². The van der Waals surface area contributed by atoms with E-state index in [-0.39, 0.29) is 11.5 Å². The number of unbranched alkanes of at least 4 members (excludes halogenated alkanes) is 2. The smallest absolute Gasteiger partial charge is 0.266 e. The summed E-state index contributed by atoms with van der Waals surface area (Å²) < 4.78 is 7.18. The molecule has 0 aliphatic carbocycles. The van der Waals surface area contributed by atoms with Crippen molar-refractivity contribution in [2.75, 3.05) is 14.2 Å². The number of fused-ring (bicyclic) bond motifs is 1. The average molecular weight is 498 g/mol. The lowest BCUT2D eigenvalue weighted by Crippen LogP contribution is -2.36. The van der Waals surface area contributed by atoms with Gasteiger partial charge in [-0.05, 0) is 61.2 Å². The Bertz CT molecular complexity index is 1430. The third-order valence-electron chi connectivity index (χ3n) is 6.87. The van der Waals surface area contributed by atoms with Gasteiger partial charge in [0.1, 0.15) is 11.6 Å². The Hall–Kier alpha value is -3.93. The number of carbonyl (C=O) groups excluding carboxylic acids is 1. The Morgan fingerprint density at radius 2 is 1.68 bits per heavy atom. The highest BCUT2D eigenvalue weighted by Crippen LogP contribution is 2.29. The van der Waals surface area contributed by atoms with Gasteiger partial charge >= 0.3 is 0 Å². The van der Waals surface area contributed by atoms with Crippen LogP contribution in [-0.2, 0) is 6.42 Å². The molecule has 0 aliphatic rings. The maximum absolute atomic E-state index is 13.8. The van der Waals surface area contributed by atoms with E-state index in [9.17, 15) is 9.59 Å². The van der Waals surface area contributed by atoms with E-state index in [1.165, 1.54) is 18.4 Å². The molecule has 1 unspecified atom stereocenters. The minimum Gasteiger partial charge on any atom is -0.495 e. The van der Waals surface area contributed by atoms with E-state index in [2.05, 4.69) is 6.92 Å². The third-order valence-corrected chi connectivity index (χ3v) is 6.87. The van der Waals surface area contributed by atoms with Crippen molar-refractivity contribution in [3.8, 4) is 11.4 Å². The fourth-order valence-electron chi connectivity index (χ4n) is 4.79. The Labute approximate surface area is 218 Å². The normalized spacial score (nSPS) is 11.9. The van der Waals surface area contributed by atoms with Crippen LogP contribution in [0, 0.1) is 0 Å². The van der Waals surface area contributed by atoms with Gasteiger partial charge in [-0.25, -0.2) is 4.98 Å². The van der Waals surface area contributed by atoms with Crippen LogP contribution in [0.2, 0.25) is 0 Å². The molecule has 1 atom stereocenters. The summed E-state index contributed by atoms with van der Waals surface area (Å²) in [6.07, 6.45) is 5.13. The van der Waals surface area contributed by atoms with Gasteiger partial charge in [-0.3, -0.25) is 14.2 Å². The average Bonchev–Trinajstić information content (AvgIpc) is 2.94. The first-order chi connectivity index (χ1) is 18.0. The number of aryl methyl sites for hydroxylation is 1. The van der Waals surface area contributed by atoms with Crippen LogP contribution >= 0.6 is 0 Å². The van der Waals surface area contributed by atoms with Crippen molar-refractivity contribution in [1.82, 2.24) is 14.5 Å². The molecule has 0 saturated carbocycles. The molecule has 4 rings (SSSR count). The Balaban J connectivity index is 1.77. The number of hydrogen-bond donors (Lipinski definition) is 0. The minimum atomic E-state index is -0.432. The number of methoxy groups -OCH3 is 1. The first-order valence-electron chi connectivity index (χ1n) is 13.0. The molecule has 37 heavy (non-hydrogen) atoms. The van der Waals surface area contributed by atoms with Gasteiger partial charge in [0.25, 0.3) is 11.5 Å². The van der Waals surface area contributed by atoms with Crippen LogP contribution in [0.4, 0.5) is 0 Å². The molecule has 192 valence electrons. The number of carbonyl (C=O) groups is 1. The maximum atomic E-state index is 13.8. The van der Waals surface area contributed by atoms with E-state index in [0.717, 1.165) is 12.8 Å². The lowest BCUT2D eigenvalue weighted by molar-refractivity contribution is 0.0717. The first-order valence-corrected chi connectivity index (χ1v) is 13.0. The van der Waals surface area contributed by atoms with Gasteiger partial charge in [0.2, 0.25) is 0 Å². The summed E-state index contributed by atoms with van der Waals surface area (Å²) in [5.41, 5.74) is 2.86. The summed E-state index contributed by atoms with van der Waals surface area (Å²) in [5, 5.41) is 0.514. The maximum Gasteiger partial charge on any atom is 0.266 e. The lowest BCUT2D eigenvalue weighted by Gasteiger charge is -2.29. The molecular formula is C31H35N3O3. The quantitative estimate of drug-likeness (QED) is 0.240. The van der Waals surface area contributed by atoms with Gasteiger partial charge in [0, 0.05) is 12.6 Å². The number of hydrogen-bond acceptors (Lipinski definition) is 4. The molecule has 0 N–H and O–H groups in total. The second-order valence-electron chi connectivity index (χ2n) is 9.29. The number of nitrogens with zero attached hydrogens (tertiary/aromatic N) is 3. The topological polar surface area (TPSA) is 64.4 Å². The molecule has 3 aromatic carbocycles. The Morgan fingerprint density at radius 3 is 2.38 bits per heavy atom. The first kappa shape index (κ1) is 26.1. The molecule has 0 fully saturated rings. The molecular weight excluding hydrogens is 462 g/mol. The highest BCUT2D eigenvalue weighted by molar-refractivity contribution is 5.94. The number of rotatable bonds is 10. The molecule has 0 aliphatic heterocycles. The summed E-state index contributed by atoms with van der Waals surface area (Å²) >= 11 is 0. The SMILES string of the molecule is CCCCCc1ccc(C(=O)N(C)C(CC)c2nc3ccccc3c(=O)n2-c2ccccc2OC)cc1. The van der Waals surface area contributed by atoms with Crippen molar-refractivity contribution in [2.24, 2.45) is 0 Å².